The molecule has 3 N–H and O–H groups in total. The summed E-state index contributed by atoms with van der Waals surface area (Å²) < 4.78 is 11.3. The van der Waals surface area contributed by atoms with Crippen LogP contribution in [-0.2, 0) is 15.6 Å². The normalized spacial score (nSPS) is 31.4. The number of hydrogen-bond donors (Lipinski definition) is 2. The van der Waals surface area contributed by atoms with E-state index in [1.54, 1.807) is 0 Å². The summed E-state index contributed by atoms with van der Waals surface area (Å²) in [5.41, 5.74) is 5.59. The van der Waals surface area contributed by atoms with Gasteiger partial charge in [0.15, 0.2) is 0 Å². The Bertz CT molecular complexity index is 328. The van der Waals surface area contributed by atoms with Gasteiger partial charge in [0.1, 0.15) is 0 Å². The molecule has 19 heavy (non-hydrogen) atoms. The van der Waals surface area contributed by atoms with Crippen LogP contribution in [0.15, 0.2) is 0 Å². The second-order valence-corrected chi connectivity index (χ2v) is 7.69. The van der Waals surface area contributed by atoms with Gasteiger partial charge in [-0.3, -0.25) is 9.00 Å². The Balaban J connectivity index is 1.94. The van der Waals surface area contributed by atoms with Crippen molar-refractivity contribution in [2.75, 3.05) is 18.1 Å². The van der Waals surface area contributed by atoms with E-state index in [1.807, 2.05) is 0 Å². The summed E-state index contributed by atoms with van der Waals surface area (Å²) >= 11 is 0. The van der Waals surface area contributed by atoms with E-state index < -0.39 is 10.8 Å². The Morgan fingerprint density at radius 2 is 1.74 bits per heavy atom. The first-order valence-electron chi connectivity index (χ1n) is 7.52. The van der Waals surface area contributed by atoms with Gasteiger partial charge in [0, 0.05) is 34.9 Å². The van der Waals surface area contributed by atoms with Crippen molar-refractivity contribution >= 4 is 16.7 Å². The summed E-state index contributed by atoms with van der Waals surface area (Å²) in [5.74, 6) is 1.59. The molecule has 1 aliphatic heterocycles. The van der Waals surface area contributed by atoms with Crippen molar-refractivity contribution in [3.8, 4) is 0 Å². The van der Waals surface area contributed by atoms with Crippen molar-refractivity contribution in [1.29, 1.82) is 0 Å². The molecule has 1 saturated heterocycles. The van der Waals surface area contributed by atoms with E-state index in [-0.39, 0.29) is 17.4 Å². The Labute approximate surface area is 118 Å². The summed E-state index contributed by atoms with van der Waals surface area (Å²) in [4.78, 5) is 12.6. The van der Waals surface area contributed by atoms with Crippen molar-refractivity contribution in [3.05, 3.63) is 0 Å². The Kier molecular flexibility index (Phi) is 5.39. The maximum Gasteiger partial charge on any atom is 0.227 e. The zero-order chi connectivity index (χ0) is 13.7. The van der Waals surface area contributed by atoms with E-state index in [0.29, 0.717) is 6.54 Å². The molecular formula is C14H26N2O2S. The number of amides is 1. The Morgan fingerprint density at radius 3 is 2.26 bits per heavy atom. The average molecular weight is 286 g/mol. The van der Waals surface area contributed by atoms with Crippen LogP contribution in [0.4, 0.5) is 0 Å². The molecular weight excluding hydrogens is 260 g/mol. The van der Waals surface area contributed by atoms with Crippen molar-refractivity contribution < 1.29 is 9.00 Å². The summed E-state index contributed by atoms with van der Waals surface area (Å²) in [6.45, 7) is 0.456. The van der Waals surface area contributed by atoms with Gasteiger partial charge in [-0.05, 0) is 25.7 Å². The fraction of sp³-hybridized carbons (Fsp3) is 0.929. The lowest BCUT2D eigenvalue weighted by Crippen LogP contribution is -2.50. The molecule has 0 aromatic rings. The molecule has 4 nitrogen and oxygen atoms in total. The Hall–Kier alpha value is -0.420. The molecule has 1 saturated carbocycles. The lowest BCUT2D eigenvalue weighted by atomic mass is 9.79. The van der Waals surface area contributed by atoms with Crippen LogP contribution in [0.2, 0.25) is 0 Å². The van der Waals surface area contributed by atoms with E-state index in [9.17, 15) is 9.00 Å². The van der Waals surface area contributed by atoms with Gasteiger partial charge in [0.2, 0.25) is 5.91 Å². The molecule has 0 unspecified atom stereocenters. The van der Waals surface area contributed by atoms with Crippen LogP contribution in [0, 0.1) is 5.41 Å². The molecule has 2 aliphatic rings. The molecule has 2 fully saturated rings. The lowest BCUT2D eigenvalue weighted by Gasteiger charge is -2.33. The topological polar surface area (TPSA) is 72.2 Å². The number of carbonyl (C=O) groups is 1. The van der Waals surface area contributed by atoms with Gasteiger partial charge in [0.05, 0.1) is 5.41 Å². The molecule has 5 heteroatoms. The van der Waals surface area contributed by atoms with E-state index in [0.717, 1.165) is 50.0 Å². The number of rotatable bonds is 3. The maximum absolute atomic E-state index is 12.6. The largest absolute Gasteiger partial charge is 0.353 e. The highest BCUT2D eigenvalue weighted by Crippen LogP contribution is 2.34. The van der Waals surface area contributed by atoms with Gasteiger partial charge in [0.25, 0.3) is 0 Å². The standard InChI is InChI=1S/C14H26N2O2S/c15-11-14(7-3-1-2-4-8-14)13(17)16-12-5-9-19(18)10-6-12/h12H,1-11,15H2,(H,16,17). The smallest absolute Gasteiger partial charge is 0.227 e. The SMILES string of the molecule is NCC1(C(=O)NC2CCS(=O)CC2)CCCCCC1. The predicted octanol–water partition coefficient (Wildman–Crippen LogP) is 1.31. The van der Waals surface area contributed by atoms with Gasteiger partial charge in [-0.1, -0.05) is 25.7 Å². The molecule has 1 aliphatic carbocycles. The van der Waals surface area contributed by atoms with Gasteiger partial charge in [-0.25, -0.2) is 0 Å². The predicted molar refractivity (Wildman–Crippen MR) is 78.2 cm³/mol. The number of nitrogens with two attached hydrogens (primary N) is 1. The van der Waals surface area contributed by atoms with E-state index in [1.165, 1.54) is 12.8 Å². The minimum atomic E-state index is -0.671. The van der Waals surface area contributed by atoms with Crippen LogP contribution in [-0.4, -0.2) is 34.2 Å². The summed E-state index contributed by atoms with van der Waals surface area (Å²) in [6, 6.07) is 0.205. The van der Waals surface area contributed by atoms with Crippen molar-refractivity contribution in [1.82, 2.24) is 5.32 Å². The molecule has 0 spiro atoms. The van der Waals surface area contributed by atoms with Crippen molar-refractivity contribution in [2.24, 2.45) is 11.1 Å². The first-order chi connectivity index (χ1) is 9.16. The van der Waals surface area contributed by atoms with Gasteiger partial charge < -0.3 is 11.1 Å². The first-order valence-corrected chi connectivity index (χ1v) is 9.01. The molecule has 0 bridgehead atoms. The van der Waals surface area contributed by atoms with Crippen LogP contribution in [0.5, 0.6) is 0 Å². The summed E-state index contributed by atoms with van der Waals surface area (Å²) in [7, 11) is -0.671. The van der Waals surface area contributed by atoms with E-state index in [2.05, 4.69) is 5.32 Å². The van der Waals surface area contributed by atoms with Crippen LogP contribution in [0.1, 0.15) is 51.4 Å². The third-order valence-electron chi connectivity index (χ3n) is 4.66. The summed E-state index contributed by atoms with van der Waals surface area (Å²) in [6.07, 6.45) is 8.20. The molecule has 0 aromatic heterocycles. The zero-order valence-corrected chi connectivity index (χ0v) is 12.5. The number of carbonyl (C=O) groups excluding carboxylic acids is 1. The number of nitrogens with one attached hydrogen (secondary N) is 1. The zero-order valence-electron chi connectivity index (χ0n) is 11.7. The van der Waals surface area contributed by atoms with Gasteiger partial charge in [-0.2, -0.15) is 0 Å². The van der Waals surface area contributed by atoms with Crippen LogP contribution < -0.4 is 11.1 Å². The van der Waals surface area contributed by atoms with Crippen LogP contribution >= 0.6 is 0 Å². The molecule has 1 amide bonds. The maximum atomic E-state index is 12.6. The molecule has 0 aromatic carbocycles. The first kappa shape index (κ1) is 15.0. The monoisotopic (exact) mass is 286 g/mol. The molecule has 110 valence electrons. The fourth-order valence-corrected chi connectivity index (χ4v) is 4.50. The lowest BCUT2D eigenvalue weighted by molar-refractivity contribution is -0.132. The average Bonchev–Trinajstić information content (AvgIpc) is 2.67. The van der Waals surface area contributed by atoms with Crippen molar-refractivity contribution in [2.45, 2.75) is 57.4 Å². The second kappa shape index (κ2) is 6.84. The van der Waals surface area contributed by atoms with Crippen LogP contribution in [0.25, 0.3) is 0 Å². The highest BCUT2D eigenvalue weighted by Gasteiger charge is 2.38. The van der Waals surface area contributed by atoms with E-state index >= 15 is 0 Å². The molecule has 0 radical (unpaired) electrons. The van der Waals surface area contributed by atoms with E-state index in [4.69, 9.17) is 5.73 Å². The Morgan fingerprint density at radius 1 is 1.16 bits per heavy atom. The quantitative estimate of drug-likeness (QED) is 0.768. The van der Waals surface area contributed by atoms with Crippen molar-refractivity contribution in [3.63, 3.8) is 0 Å². The third kappa shape index (κ3) is 3.78. The highest BCUT2D eigenvalue weighted by atomic mass is 32.2. The second-order valence-electron chi connectivity index (χ2n) is 5.99. The minimum absolute atomic E-state index is 0.148. The van der Waals surface area contributed by atoms with Gasteiger partial charge in [-0.15, -0.1) is 0 Å². The minimum Gasteiger partial charge on any atom is -0.353 e. The fourth-order valence-electron chi connectivity index (χ4n) is 3.21. The molecule has 0 atom stereocenters. The third-order valence-corrected chi connectivity index (χ3v) is 6.04. The molecule has 1 heterocycles. The summed E-state index contributed by atoms with van der Waals surface area (Å²) in [5, 5.41) is 3.18. The van der Waals surface area contributed by atoms with Crippen LogP contribution in [0.3, 0.4) is 0 Å². The highest BCUT2D eigenvalue weighted by molar-refractivity contribution is 7.85. The molecule has 2 rings (SSSR count). The van der Waals surface area contributed by atoms with Gasteiger partial charge >= 0.3 is 0 Å². The number of hydrogen-bond acceptors (Lipinski definition) is 3.